The molecule has 21 heavy (non-hydrogen) atoms. The topological polar surface area (TPSA) is 59.6 Å². The Balaban J connectivity index is 1.81. The zero-order valence-corrected chi connectivity index (χ0v) is 12.9. The maximum Gasteiger partial charge on any atom is 0.319 e. The second-order valence-electron chi connectivity index (χ2n) is 4.96. The molecule has 0 aromatic heterocycles. The molecule has 2 N–H and O–H groups in total. The fourth-order valence-corrected chi connectivity index (χ4v) is 2.33. The first-order valence-corrected chi connectivity index (χ1v) is 7.65. The van der Waals surface area contributed by atoms with Crippen molar-refractivity contribution in [1.82, 2.24) is 5.32 Å². The molecule has 1 saturated heterocycles. The van der Waals surface area contributed by atoms with Crippen molar-refractivity contribution in [2.24, 2.45) is 0 Å². The van der Waals surface area contributed by atoms with Gasteiger partial charge < -0.3 is 20.1 Å². The highest BCUT2D eigenvalue weighted by atomic mass is 35.5. The summed E-state index contributed by atoms with van der Waals surface area (Å²) in [5, 5.41) is 6.02. The van der Waals surface area contributed by atoms with E-state index < -0.39 is 0 Å². The van der Waals surface area contributed by atoms with Gasteiger partial charge in [-0.05, 0) is 37.5 Å². The van der Waals surface area contributed by atoms with Crippen LogP contribution in [0.5, 0.6) is 5.75 Å². The van der Waals surface area contributed by atoms with Crippen molar-refractivity contribution >= 4 is 23.3 Å². The molecule has 0 saturated carbocycles. The number of ether oxygens (including phenoxy) is 2. The number of anilines is 1. The molecule has 1 fully saturated rings. The molecule has 2 rings (SSSR count). The minimum absolute atomic E-state index is 0.129. The minimum atomic E-state index is -0.260. The Hall–Kier alpha value is -1.46. The van der Waals surface area contributed by atoms with Crippen LogP contribution >= 0.6 is 11.6 Å². The lowest BCUT2D eigenvalue weighted by Crippen LogP contribution is -2.35. The normalized spacial score (nSPS) is 17.5. The van der Waals surface area contributed by atoms with Gasteiger partial charge in [0.05, 0.1) is 17.7 Å². The van der Waals surface area contributed by atoms with Crippen molar-refractivity contribution in [3.8, 4) is 5.75 Å². The van der Waals surface area contributed by atoms with Gasteiger partial charge in [0.1, 0.15) is 5.75 Å². The van der Waals surface area contributed by atoms with Crippen molar-refractivity contribution in [3.63, 3.8) is 0 Å². The monoisotopic (exact) mass is 312 g/mol. The maximum absolute atomic E-state index is 11.8. The SMILES string of the molecule is CCCOc1ccc(NC(=O)NCC2CCCO2)cc1Cl. The molecule has 6 heteroatoms. The van der Waals surface area contributed by atoms with E-state index in [0.29, 0.717) is 29.6 Å². The molecular weight excluding hydrogens is 292 g/mol. The van der Waals surface area contributed by atoms with Crippen molar-refractivity contribution in [1.29, 1.82) is 0 Å². The van der Waals surface area contributed by atoms with Crippen LogP contribution in [0.3, 0.4) is 0 Å². The highest BCUT2D eigenvalue weighted by Crippen LogP contribution is 2.27. The summed E-state index contributed by atoms with van der Waals surface area (Å²) in [7, 11) is 0. The van der Waals surface area contributed by atoms with Crippen LogP contribution in [0.25, 0.3) is 0 Å². The largest absolute Gasteiger partial charge is 0.492 e. The second kappa shape index (κ2) is 8.10. The Bertz CT molecular complexity index is 476. The second-order valence-corrected chi connectivity index (χ2v) is 5.37. The lowest BCUT2D eigenvalue weighted by atomic mass is 10.2. The summed E-state index contributed by atoms with van der Waals surface area (Å²) in [6.45, 7) is 3.96. The molecule has 1 aromatic rings. The van der Waals surface area contributed by atoms with Crippen LogP contribution in [0.2, 0.25) is 5.02 Å². The molecule has 1 aromatic carbocycles. The number of hydrogen-bond acceptors (Lipinski definition) is 3. The van der Waals surface area contributed by atoms with Gasteiger partial charge in [-0.2, -0.15) is 0 Å². The molecular formula is C15H21ClN2O3. The molecule has 0 bridgehead atoms. The highest BCUT2D eigenvalue weighted by molar-refractivity contribution is 6.32. The summed E-state index contributed by atoms with van der Waals surface area (Å²) in [4.78, 5) is 11.8. The fraction of sp³-hybridized carbons (Fsp3) is 0.533. The molecule has 1 aliphatic heterocycles. The summed E-state index contributed by atoms with van der Waals surface area (Å²) in [6, 6.07) is 4.94. The van der Waals surface area contributed by atoms with Crippen LogP contribution in [-0.4, -0.2) is 31.9 Å². The first-order chi connectivity index (χ1) is 10.2. The fourth-order valence-electron chi connectivity index (χ4n) is 2.09. The van der Waals surface area contributed by atoms with Gasteiger partial charge in [0.25, 0.3) is 0 Å². The molecule has 0 radical (unpaired) electrons. The number of halogens is 1. The smallest absolute Gasteiger partial charge is 0.319 e. The summed E-state index contributed by atoms with van der Waals surface area (Å²) >= 11 is 6.11. The van der Waals surface area contributed by atoms with Gasteiger partial charge >= 0.3 is 6.03 Å². The molecule has 0 spiro atoms. The predicted molar refractivity (Wildman–Crippen MR) is 83.2 cm³/mol. The first kappa shape index (κ1) is 15.9. The molecule has 2 amide bonds. The van der Waals surface area contributed by atoms with Crippen LogP contribution in [0.15, 0.2) is 18.2 Å². The number of carbonyl (C=O) groups excluding carboxylic acids is 1. The van der Waals surface area contributed by atoms with Gasteiger partial charge in [-0.15, -0.1) is 0 Å². The third-order valence-corrected chi connectivity index (χ3v) is 3.46. The zero-order chi connectivity index (χ0) is 15.1. The van der Waals surface area contributed by atoms with E-state index in [-0.39, 0.29) is 12.1 Å². The Labute approximate surface area is 130 Å². The van der Waals surface area contributed by atoms with Crippen molar-refractivity contribution in [2.45, 2.75) is 32.3 Å². The van der Waals surface area contributed by atoms with E-state index in [1.807, 2.05) is 6.92 Å². The number of benzene rings is 1. The lowest BCUT2D eigenvalue weighted by Gasteiger charge is -2.13. The quantitative estimate of drug-likeness (QED) is 0.846. The number of amides is 2. The maximum atomic E-state index is 11.8. The van der Waals surface area contributed by atoms with Gasteiger partial charge in [0, 0.05) is 18.8 Å². The van der Waals surface area contributed by atoms with Gasteiger partial charge in [-0.3, -0.25) is 0 Å². The van der Waals surface area contributed by atoms with Crippen LogP contribution in [0, 0.1) is 0 Å². The van der Waals surface area contributed by atoms with E-state index >= 15 is 0 Å². The summed E-state index contributed by atoms with van der Waals surface area (Å²) in [6.07, 6.45) is 3.10. The molecule has 1 atom stereocenters. The summed E-state index contributed by atoms with van der Waals surface area (Å²) in [5.74, 6) is 0.629. The third-order valence-electron chi connectivity index (χ3n) is 3.17. The average Bonchev–Trinajstić information content (AvgIpc) is 2.98. The molecule has 5 nitrogen and oxygen atoms in total. The molecule has 1 unspecified atom stereocenters. The highest BCUT2D eigenvalue weighted by Gasteiger charge is 2.16. The molecule has 1 heterocycles. The van der Waals surface area contributed by atoms with E-state index in [2.05, 4.69) is 10.6 Å². The molecule has 116 valence electrons. The minimum Gasteiger partial charge on any atom is -0.492 e. The number of nitrogens with one attached hydrogen (secondary N) is 2. The third kappa shape index (κ3) is 5.10. The predicted octanol–water partition coefficient (Wildman–Crippen LogP) is 3.43. The van der Waals surface area contributed by atoms with E-state index in [1.165, 1.54) is 0 Å². The Morgan fingerprint density at radius 2 is 2.38 bits per heavy atom. The van der Waals surface area contributed by atoms with Gasteiger partial charge in [-0.25, -0.2) is 4.79 Å². The number of hydrogen-bond donors (Lipinski definition) is 2. The Morgan fingerprint density at radius 3 is 3.05 bits per heavy atom. The lowest BCUT2D eigenvalue weighted by molar-refractivity contribution is 0.112. The van der Waals surface area contributed by atoms with Gasteiger partial charge in [0.15, 0.2) is 0 Å². The number of rotatable bonds is 6. The van der Waals surface area contributed by atoms with Crippen LogP contribution in [0.4, 0.5) is 10.5 Å². The molecule has 0 aliphatic carbocycles. The van der Waals surface area contributed by atoms with Crippen molar-refractivity contribution in [2.75, 3.05) is 25.1 Å². The Kier molecular flexibility index (Phi) is 6.14. The summed E-state index contributed by atoms with van der Waals surface area (Å²) in [5.41, 5.74) is 0.633. The van der Waals surface area contributed by atoms with E-state index in [4.69, 9.17) is 21.1 Å². The standard InChI is InChI=1S/C15H21ClN2O3/c1-2-7-21-14-6-5-11(9-13(14)16)18-15(19)17-10-12-4-3-8-20-12/h5-6,9,12H,2-4,7-8,10H2,1H3,(H2,17,18,19). The van der Waals surface area contributed by atoms with E-state index in [1.54, 1.807) is 18.2 Å². The summed E-state index contributed by atoms with van der Waals surface area (Å²) < 4.78 is 10.9. The van der Waals surface area contributed by atoms with E-state index in [0.717, 1.165) is 25.9 Å². The van der Waals surface area contributed by atoms with E-state index in [9.17, 15) is 4.79 Å². The average molecular weight is 313 g/mol. The molecule has 1 aliphatic rings. The van der Waals surface area contributed by atoms with Gasteiger partial charge in [-0.1, -0.05) is 18.5 Å². The van der Waals surface area contributed by atoms with Crippen LogP contribution < -0.4 is 15.4 Å². The Morgan fingerprint density at radius 1 is 1.52 bits per heavy atom. The van der Waals surface area contributed by atoms with Crippen LogP contribution in [0.1, 0.15) is 26.2 Å². The number of urea groups is 1. The first-order valence-electron chi connectivity index (χ1n) is 7.28. The number of carbonyl (C=O) groups is 1. The van der Waals surface area contributed by atoms with Crippen molar-refractivity contribution in [3.05, 3.63) is 23.2 Å². The van der Waals surface area contributed by atoms with Crippen molar-refractivity contribution < 1.29 is 14.3 Å². The van der Waals surface area contributed by atoms with Gasteiger partial charge in [0.2, 0.25) is 0 Å². The van der Waals surface area contributed by atoms with Crippen LogP contribution in [-0.2, 0) is 4.74 Å². The zero-order valence-electron chi connectivity index (χ0n) is 12.2.